The highest BCUT2D eigenvalue weighted by Gasteiger charge is 2.40. The standard InChI is InChI=1S/C10H6F3NO/c11-10(12,13)9(15)8-7-4-2-1-3-6(7)5-14-8/h1-5,14H. The van der Waals surface area contributed by atoms with E-state index in [2.05, 4.69) is 4.98 Å². The number of hydrogen-bond acceptors (Lipinski definition) is 1. The van der Waals surface area contributed by atoms with Crippen LogP contribution in [0.1, 0.15) is 10.5 Å². The predicted octanol–water partition coefficient (Wildman–Crippen LogP) is 2.91. The van der Waals surface area contributed by atoms with Gasteiger partial charge in [-0.25, -0.2) is 0 Å². The van der Waals surface area contributed by atoms with Crippen LogP contribution in [0, 0.1) is 0 Å². The van der Waals surface area contributed by atoms with Crippen LogP contribution in [0.3, 0.4) is 0 Å². The number of halogens is 3. The molecule has 2 rings (SSSR count). The number of carbonyl (C=O) groups excluding carboxylic acids is 1. The van der Waals surface area contributed by atoms with E-state index in [1.807, 2.05) is 0 Å². The molecule has 78 valence electrons. The van der Waals surface area contributed by atoms with Gasteiger partial charge in [-0.15, -0.1) is 0 Å². The van der Waals surface area contributed by atoms with Gasteiger partial charge in [-0.05, 0) is 5.39 Å². The number of carbonyl (C=O) groups is 1. The Labute approximate surface area is 82.7 Å². The second-order valence-corrected chi connectivity index (χ2v) is 3.08. The smallest absolute Gasteiger partial charge is 0.357 e. The van der Waals surface area contributed by atoms with E-state index in [-0.39, 0.29) is 0 Å². The Bertz CT molecular complexity index is 513. The third kappa shape index (κ3) is 1.60. The van der Waals surface area contributed by atoms with Crippen LogP contribution >= 0.6 is 0 Å². The van der Waals surface area contributed by atoms with Gasteiger partial charge in [0.05, 0.1) is 5.69 Å². The molecule has 0 saturated carbocycles. The number of ketones is 1. The van der Waals surface area contributed by atoms with Gasteiger partial charge in [-0.3, -0.25) is 4.79 Å². The molecule has 0 fully saturated rings. The van der Waals surface area contributed by atoms with E-state index >= 15 is 0 Å². The van der Waals surface area contributed by atoms with Crippen molar-refractivity contribution in [3.8, 4) is 0 Å². The summed E-state index contributed by atoms with van der Waals surface area (Å²) in [6, 6.07) is 6.39. The van der Waals surface area contributed by atoms with Crippen LogP contribution < -0.4 is 0 Å². The lowest BCUT2D eigenvalue weighted by atomic mass is 10.1. The second kappa shape index (κ2) is 3.12. The zero-order valence-corrected chi connectivity index (χ0v) is 7.43. The van der Waals surface area contributed by atoms with Crippen LogP contribution in [-0.2, 0) is 0 Å². The molecule has 0 saturated heterocycles. The second-order valence-electron chi connectivity index (χ2n) is 3.08. The van der Waals surface area contributed by atoms with Gasteiger partial charge in [-0.1, -0.05) is 24.3 Å². The number of H-pyrrole nitrogens is 1. The fourth-order valence-electron chi connectivity index (χ4n) is 1.41. The molecule has 2 aromatic rings. The summed E-state index contributed by atoms with van der Waals surface area (Å²) in [5.74, 6) is -1.84. The van der Waals surface area contributed by atoms with E-state index < -0.39 is 17.7 Å². The minimum Gasteiger partial charge on any atom is -0.357 e. The van der Waals surface area contributed by atoms with Gasteiger partial charge in [-0.2, -0.15) is 13.2 Å². The summed E-state index contributed by atoms with van der Waals surface area (Å²) in [7, 11) is 0. The lowest BCUT2D eigenvalue weighted by molar-refractivity contribution is -0.0886. The van der Waals surface area contributed by atoms with Crippen molar-refractivity contribution in [3.05, 3.63) is 36.2 Å². The first-order valence-electron chi connectivity index (χ1n) is 4.18. The average Bonchev–Trinajstić information content (AvgIpc) is 2.58. The first-order chi connectivity index (χ1) is 7.00. The van der Waals surface area contributed by atoms with Crippen LogP contribution in [0.5, 0.6) is 0 Å². The van der Waals surface area contributed by atoms with Gasteiger partial charge in [0.25, 0.3) is 5.78 Å². The Morgan fingerprint density at radius 1 is 1.20 bits per heavy atom. The van der Waals surface area contributed by atoms with Gasteiger partial charge in [0.15, 0.2) is 0 Å². The number of rotatable bonds is 1. The van der Waals surface area contributed by atoms with E-state index in [9.17, 15) is 18.0 Å². The summed E-state index contributed by atoms with van der Waals surface area (Å²) in [6.45, 7) is 0. The molecule has 0 spiro atoms. The van der Waals surface area contributed by atoms with Gasteiger partial charge in [0.1, 0.15) is 0 Å². The van der Waals surface area contributed by atoms with Gasteiger partial charge < -0.3 is 4.98 Å². The summed E-state index contributed by atoms with van der Waals surface area (Å²) in [5, 5.41) is 0.880. The monoisotopic (exact) mass is 213 g/mol. The van der Waals surface area contributed by atoms with Crippen LogP contribution in [0.15, 0.2) is 30.5 Å². The third-order valence-electron chi connectivity index (χ3n) is 2.09. The molecule has 1 N–H and O–H groups in total. The number of alkyl halides is 3. The molecule has 2 nitrogen and oxygen atoms in total. The molecule has 0 amide bonds. The quantitative estimate of drug-likeness (QED) is 0.726. The molecule has 0 bridgehead atoms. The molecule has 15 heavy (non-hydrogen) atoms. The van der Waals surface area contributed by atoms with Crippen molar-refractivity contribution in [2.75, 3.05) is 0 Å². The van der Waals surface area contributed by atoms with Gasteiger partial charge in [0, 0.05) is 11.6 Å². The van der Waals surface area contributed by atoms with Crippen molar-refractivity contribution >= 4 is 16.6 Å². The Balaban J connectivity index is 2.58. The highest BCUT2D eigenvalue weighted by atomic mass is 19.4. The van der Waals surface area contributed by atoms with Gasteiger partial charge in [0.2, 0.25) is 0 Å². The lowest BCUT2D eigenvalue weighted by Crippen LogP contribution is -2.23. The van der Waals surface area contributed by atoms with E-state index in [4.69, 9.17) is 0 Å². The maximum absolute atomic E-state index is 12.2. The molecular weight excluding hydrogens is 207 g/mol. The van der Waals surface area contributed by atoms with Crippen LogP contribution in [-0.4, -0.2) is 16.9 Å². The maximum atomic E-state index is 12.2. The zero-order valence-electron chi connectivity index (χ0n) is 7.43. The number of fused-ring (bicyclic) bond motifs is 1. The molecule has 0 aliphatic carbocycles. The van der Waals surface area contributed by atoms with Crippen LogP contribution in [0.2, 0.25) is 0 Å². The first-order valence-corrected chi connectivity index (χ1v) is 4.18. The molecule has 0 unspecified atom stereocenters. The molecule has 1 aromatic carbocycles. The number of benzene rings is 1. The Hall–Kier alpha value is -1.78. The summed E-state index contributed by atoms with van der Waals surface area (Å²) < 4.78 is 36.5. The topological polar surface area (TPSA) is 32.9 Å². The summed E-state index contributed by atoms with van der Waals surface area (Å²) in [5.41, 5.74) is -0.405. The highest BCUT2D eigenvalue weighted by molar-refractivity contribution is 6.09. The van der Waals surface area contributed by atoms with Crippen LogP contribution in [0.25, 0.3) is 10.8 Å². The molecule has 0 atom stereocenters. The summed E-state index contributed by atoms with van der Waals surface area (Å²) in [4.78, 5) is 13.3. The summed E-state index contributed by atoms with van der Waals surface area (Å²) >= 11 is 0. The average molecular weight is 213 g/mol. The largest absolute Gasteiger partial charge is 0.456 e. The highest BCUT2D eigenvalue weighted by Crippen LogP contribution is 2.25. The minimum atomic E-state index is -4.84. The molecule has 1 heterocycles. The van der Waals surface area contributed by atoms with E-state index in [1.165, 1.54) is 12.3 Å². The lowest BCUT2D eigenvalue weighted by Gasteiger charge is -2.03. The third-order valence-corrected chi connectivity index (χ3v) is 2.09. The molecular formula is C10H6F3NO. The number of Topliss-reactive ketones (excluding diaryl/α,β-unsaturated/α-hetero) is 1. The van der Waals surface area contributed by atoms with Gasteiger partial charge >= 0.3 is 6.18 Å². The first kappa shape index (κ1) is 9.76. The maximum Gasteiger partial charge on any atom is 0.456 e. The van der Waals surface area contributed by atoms with Crippen LogP contribution in [0.4, 0.5) is 13.2 Å². The molecule has 1 aromatic heterocycles. The molecule has 0 aliphatic heterocycles. The predicted molar refractivity (Wildman–Crippen MR) is 48.7 cm³/mol. The van der Waals surface area contributed by atoms with Crippen molar-refractivity contribution in [2.24, 2.45) is 0 Å². The van der Waals surface area contributed by atoms with Crippen molar-refractivity contribution < 1.29 is 18.0 Å². The molecule has 0 aliphatic rings. The number of nitrogens with one attached hydrogen (secondary N) is 1. The summed E-state index contributed by atoms with van der Waals surface area (Å²) in [6.07, 6.45) is -3.46. The molecule has 5 heteroatoms. The van der Waals surface area contributed by atoms with Crippen molar-refractivity contribution in [3.63, 3.8) is 0 Å². The fourth-order valence-corrected chi connectivity index (χ4v) is 1.41. The number of aromatic nitrogens is 1. The van der Waals surface area contributed by atoms with Crippen molar-refractivity contribution in [1.29, 1.82) is 0 Å². The van der Waals surface area contributed by atoms with E-state index in [0.717, 1.165) is 0 Å². The van der Waals surface area contributed by atoms with E-state index in [1.54, 1.807) is 18.2 Å². The molecule has 0 radical (unpaired) electrons. The zero-order chi connectivity index (χ0) is 11.1. The number of hydrogen-bond donors (Lipinski definition) is 1. The van der Waals surface area contributed by atoms with Crippen molar-refractivity contribution in [2.45, 2.75) is 6.18 Å². The number of aromatic amines is 1. The minimum absolute atomic E-state index is 0.292. The normalized spacial score (nSPS) is 11.9. The Morgan fingerprint density at radius 3 is 2.53 bits per heavy atom. The Morgan fingerprint density at radius 2 is 1.87 bits per heavy atom. The van der Waals surface area contributed by atoms with E-state index in [0.29, 0.717) is 10.8 Å². The Kier molecular flexibility index (Phi) is 2.03. The van der Waals surface area contributed by atoms with Crippen molar-refractivity contribution in [1.82, 2.24) is 4.98 Å². The SMILES string of the molecule is O=C(c1[nH]cc2ccccc12)C(F)(F)F. The fraction of sp³-hybridized carbons (Fsp3) is 0.100.